The van der Waals surface area contributed by atoms with Crippen LogP contribution in [-0.2, 0) is 19.5 Å². The second kappa shape index (κ2) is 9.64. The van der Waals surface area contributed by atoms with Crippen LogP contribution in [0, 0.1) is 0 Å². The third-order valence-electron chi connectivity index (χ3n) is 5.95. The first-order valence-electron chi connectivity index (χ1n) is 11.7. The average molecular weight is 507 g/mol. The number of nitrogens with one attached hydrogen (secondary N) is 4. The molecule has 0 bridgehead atoms. The minimum Gasteiger partial charge on any atom is -0.454 e. The molecule has 2 aromatic carbocycles. The van der Waals surface area contributed by atoms with Gasteiger partial charge in [0.15, 0.2) is 23.0 Å². The second-order valence-corrected chi connectivity index (χ2v) is 8.55. The number of H-pyrrole nitrogens is 2. The van der Waals surface area contributed by atoms with E-state index in [-0.39, 0.29) is 19.5 Å². The number of aromatic amines is 2. The van der Waals surface area contributed by atoms with E-state index in [1.54, 1.807) is 0 Å². The summed E-state index contributed by atoms with van der Waals surface area (Å²) < 4.78 is 22.4. The summed E-state index contributed by atoms with van der Waals surface area (Å²) in [5.74, 6) is 4.82. The molecule has 0 atom stereocenters. The molecule has 2 aromatic heterocycles. The predicted octanol–water partition coefficient (Wildman–Crippen LogP) is 1.87. The Kier molecular flexibility index (Phi) is 5.88. The van der Waals surface area contributed by atoms with Crippen LogP contribution >= 0.6 is 0 Å². The normalized spacial score (nSPS) is 13.1. The lowest BCUT2D eigenvalue weighted by Gasteiger charge is -2.16. The molecule has 6 N–H and O–H groups in total. The van der Waals surface area contributed by atoms with Crippen LogP contribution in [-0.4, -0.2) is 57.5 Å². The SMILES string of the molecule is CN(Cc1cc(CCNc2n[nH]c(N)n2)c2c(c1)OCO2)c1n[nH]c(NCc2cccc3c2OCO3)n1. The van der Waals surface area contributed by atoms with E-state index in [9.17, 15) is 0 Å². The summed E-state index contributed by atoms with van der Waals surface area (Å²) in [6.45, 7) is 2.13. The number of nitrogens with two attached hydrogens (primary N) is 1. The molecule has 0 amide bonds. The fourth-order valence-electron chi connectivity index (χ4n) is 4.24. The zero-order chi connectivity index (χ0) is 25.2. The molecular formula is C23H26N10O4. The number of fused-ring (bicyclic) bond motifs is 2. The number of aromatic nitrogens is 6. The molecule has 2 aliphatic heterocycles. The van der Waals surface area contributed by atoms with E-state index in [0.717, 1.165) is 39.7 Å². The van der Waals surface area contributed by atoms with E-state index < -0.39 is 0 Å². The van der Waals surface area contributed by atoms with Gasteiger partial charge in [0, 0.05) is 37.8 Å². The quantitative estimate of drug-likeness (QED) is 0.212. The molecule has 192 valence electrons. The summed E-state index contributed by atoms with van der Waals surface area (Å²) in [6.07, 6.45) is 0.685. The third kappa shape index (κ3) is 4.80. The maximum atomic E-state index is 5.70. The van der Waals surface area contributed by atoms with Crippen molar-refractivity contribution in [3.63, 3.8) is 0 Å². The Bertz CT molecular complexity index is 1400. The molecule has 0 saturated carbocycles. The highest BCUT2D eigenvalue weighted by Gasteiger charge is 2.21. The number of anilines is 4. The van der Waals surface area contributed by atoms with Gasteiger partial charge >= 0.3 is 0 Å². The van der Waals surface area contributed by atoms with Crippen LogP contribution in [0.5, 0.6) is 23.0 Å². The topological polar surface area (TPSA) is 173 Å². The molecule has 4 aromatic rings. The van der Waals surface area contributed by atoms with Crippen molar-refractivity contribution in [1.82, 2.24) is 30.4 Å². The Labute approximate surface area is 211 Å². The zero-order valence-electron chi connectivity index (χ0n) is 20.1. The zero-order valence-corrected chi connectivity index (χ0v) is 20.1. The smallest absolute Gasteiger partial charge is 0.246 e. The van der Waals surface area contributed by atoms with Crippen LogP contribution in [0.4, 0.5) is 23.8 Å². The molecule has 37 heavy (non-hydrogen) atoms. The van der Waals surface area contributed by atoms with Crippen molar-refractivity contribution in [3.05, 3.63) is 47.0 Å². The predicted molar refractivity (Wildman–Crippen MR) is 134 cm³/mol. The van der Waals surface area contributed by atoms with E-state index in [2.05, 4.69) is 47.1 Å². The molecule has 0 radical (unpaired) electrons. The minimum absolute atomic E-state index is 0.199. The molecule has 0 fully saturated rings. The van der Waals surface area contributed by atoms with Gasteiger partial charge in [-0.15, -0.1) is 10.2 Å². The van der Waals surface area contributed by atoms with Crippen LogP contribution in [0.15, 0.2) is 30.3 Å². The van der Waals surface area contributed by atoms with Gasteiger partial charge in [0.2, 0.25) is 37.4 Å². The van der Waals surface area contributed by atoms with E-state index in [1.165, 1.54) is 0 Å². The van der Waals surface area contributed by atoms with E-state index >= 15 is 0 Å². The number of nitrogens with zero attached hydrogens (tertiary/aromatic N) is 5. The third-order valence-corrected chi connectivity index (χ3v) is 5.95. The summed E-state index contributed by atoms with van der Waals surface area (Å²) in [6, 6.07) is 9.89. The van der Waals surface area contributed by atoms with Gasteiger partial charge < -0.3 is 40.2 Å². The molecule has 14 heteroatoms. The average Bonchev–Trinajstić information content (AvgIpc) is 3.70. The summed E-state index contributed by atoms with van der Waals surface area (Å²) in [7, 11) is 1.93. The van der Waals surface area contributed by atoms with Crippen molar-refractivity contribution in [1.29, 1.82) is 0 Å². The molecule has 0 unspecified atom stereocenters. The van der Waals surface area contributed by atoms with Gasteiger partial charge in [-0.2, -0.15) is 9.97 Å². The number of hydrogen-bond acceptors (Lipinski definition) is 12. The lowest BCUT2D eigenvalue weighted by atomic mass is 10.1. The van der Waals surface area contributed by atoms with Crippen molar-refractivity contribution >= 4 is 23.8 Å². The number of rotatable bonds is 10. The standard InChI is InChI=1S/C23H26N10O4/c1-33(23-28-22(31-32-23)26-9-15-3-2-4-16-19(15)37-11-34-16)10-13-7-14(18-17(8-13)35-12-36-18)5-6-25-21-27-20(24)29-30-21/h2-4,7-8H,5-6,9-12H2,1H3,(H2,26,28,31,32)(H4,24,25,27,29,30). The molecule has 0 aliphatic carbocycles. The highest BCUT2D eigenvalue weighted by Crippen LogP contribution is 2.38. The van der Waals surface area contributed by atoms with Crippen LogP contribution in [0.3, 0.4) is 0 Å². The Morgan fingerprint density at radius 3 is 2.62 bits per heavy atom. The maximum Gasteiger partial charge on any atom is 0.246 e. The first-order chi connectivity index (χ1) is 18.1. The molecule has 14 nitrogen and oxygen atoms in total. The molecule has 6 rings (SSSR count). The fourth-order valence-corrected chi connectivity index (χ4v) is 4.24. The largest absolute Gasteiger partial charge is 0.454 e. The Morgan fingerprint density at radius 1 is 0.946 bits per heavy atom. The highest BCUT2D eigenvalue weighted by atomic mass is 16.7. The summed E-state index contributed by atoms with van der Waals surface area (Å²) in [5.41, 5.74) is 8.62. The molecule has 0 saturated heterocycles. The second-order valence-electron chi connectivity index (χ2n) is 8.55. The lowest BCUT2D eigenvalue weighted by Crippen LogP contribution is -2.18. The van der Waals surface area contributed by atoms with Gasteiger partial charge in [0.1, 0.15) is 0 Å². The minimum atomic E-state index is 0.199. The van der Waals surface area contributed by atoms with E-state index in [0.29, 0.717) is 43.9 Å². The van der Waals surface area contributed by atoms with Gasteiger partial charge in [-0.25, -0.2) is 10.2 Å². The van der Waals surface area contributed by atoms with Crippen molar-refractivity contribution in [3.8, 4) is 23.0 Å². The molecular weight excluding hydrogens is 480 g/mol. The van der Waals surface area contributed by atoms with Crippen molar-refractivity contribution in [2.75, 3.05) is 48.4 Å². The van der Waals surface area contributed by atoms with Crippen LogP contribution in [0.25, 0.3) is 0 Å². The highest BCUT2D eigenvalue weighted by molar-refractivity contribution is 5.53. The number of para-hydroxylation sites is 1. The first-order valence-corrected chi connectivity index (χ1v) is 11.7. The van der Waals surface area contributed by atoms with Crippen LogP contribution < -0.4 is 40.2 Å². The number of hydrogen-bond donors (Lipinski definition) is 5. The maximum absolute atomic E-state index is 5.70. The van der Waals surface area contributed by atoms with Crippen LogP contribution in [0.2, 0.25) is 0 Å². The van der Waals surface area contributed by atoms with Crippen molar-refractivity contribution in [2.24, 2.45) is 0 Å². The number of benzene rings is 2. The summed E-state index contributed by atoms with van der Waals surface area (Å²) >= 11 is 0. The molecule has 2 aliphatic rings. The molecule has 4 heterocycles. The monoisotopic (exact) mass is 506 g/mol. The van der Waals surface area contributed by atoms with Crippen molar-refractivity contribution < 1.29 is 18.9 Å². The van der Waals surface area contributed by atoms with E-state index in [4.69, 9.17) is 24.7 Å². The van der Waals surface area contributed by atoms with Gasteiger partial charge in [0.25, 0.3) is 0 Å². The lowest BCUT2D eigenvalue weighted by molar-refractivity contribution is 0.173. The van der Waals surface area contributed by atoms with Gasteiger partial charge in [-0.1, -0.05) is 12.1 Å². The van der Waals surface area contributed by atoms with E-state index in [1.807, 2.05) is 36.2 Å². The molecule has 0 spiro atoms. The summed E-state index contributed by atoms with van der Waals surface area (Å²) in [5, 5.41) is 20.3. The van der Waals surface area contributed by atoms with Gasteiger partial charge in [-0.3, -0.25) is 0 Å². The first kappa shape index (κ1) is 22.6. The summed E-state index contributed by atoms with van der Waals surface area (Å²) in [4.78, 5) is 10.6. The van der Waals surface area contributed by atoms with Gasteiger partial charge in [-0.05, 0) is 30.2 Å². The van der Waals surface area contributed by atoms with Crippen LogP contribution in [0.1, 0.15) is 16.7 Å². The fraction of sp³-hybridized carbons (Fsp3) is 0.304. The number of nitrogen functional groups attached to an aromatic ring is 1. The number of ether oxygens (including phenoxy) is 4. The van der Waals surface area contributed by atoms with Gasteiger partial charge in [0.05, 0.1) is 0 Å². The Hall–Kier alpha value is -4.88. The van der Waals surface area contributed by atoms with Crippen molar-refractivity contribution in [2.45, 2.75) is 19.5 Å². The Balaban J connectivity index is 1.09. The Morgan fingerprint density at radius 2 is 1.78 bits per heavy atom.